The maximum Gasteiger partial charge on any atom is 0.243 e. The molecule has 1 saturated heterocycles. The highest BCUT2D eigenvalue weighted by Crippen LogP contribution is 2.53. The number of amides is 1. The van der Waals surface area contributed by atoms with Gasteiger partial charge in [0.15, 0.2) is 0 Å². The van der Waals surface area contributed by atoms with Gasteiger partial charge in [-0.2, -0.15) is 4.31 Å². The summed E-state index contributed by atoms with van der Waals surface area (Å²) in [5.74, 6) is -0.0544. The summed E-state index contributed by atoms with van der Waals surface area (Å²) in [5, 5.41) is 0. The Hall–Kier alpha value is -3.74. The zero-order valence-corrected chi connectivity index (χ0v) is 21.7. The van der Waals surface area contributed by atoms with Gasteiger partial charge < -0.3 is 4.90 Å². The molecular weight excluding hydrogens is 480 g/mol. The number of hydrogen-bond acceptors (Lipinski definition) is 3. The topological polar surface area (TPSA) is 57.7 Å². The quantitative estimate of drug-likeness (QED) is 0.355. The van der Waals surface area contributed by atoms with Crippen LogP contribution in [0.4, 0.5) is 5.69 Å². The van der Waals surface area contributed by atoms with E-state index in [4.69, 9.17) is 0 Å². The zero-order valence-electron chi connectivity index (χ0n) is 20.8. The Labute approximate surface area is 218 Å². The van der Waals surface area contributed by atoms with E-state index in [0.717, 1.165) is 33.5 Å². The lowest BCUT2D eigenvalue weighted by Gasteiger charge is -2.25. The van der Waals surface area contributed by atoms with Crippen molar-refractivity contribution in [2.75, 3.05) is 18.5 Å². The van der Waals surface area contributed by atoms with Crippen molar-refractivity contribution in [3.63, 3.8) is 0 Å². The summed E-state index contributed by atoms with van der Waals surface area (Å²) in [6.07, 6.45) is 0.392. The van der Waals surface area contributed by atoms with Crippen LogP contribution in [0, 0.1) is 6.92 Å². The Balaban J connectivity index is 1.47. The molecule has 0 saturated carbocycles. The minimum absolute atomic E-state index is 0.0544. The molecule has 4 aromatic carbocycles. The van der Waals surface area contributed by atoms with E-state index in [9.17, 15) is 13.2 Å². The van der Waals surface area contributed by atoms with Crippen LogP contribution in [0.15, 0.2) is 108 Å². The van der Waals surface area contributed by atoms with Crippen LogP contribution in [0.1, 0.15) is 29.2 Å². The van der Waals surface area contributed by atoms with E-state index in [2.05, 4.69) is 12.1 Å². The number of fused-ring (bicyclic) bond motifs is 2. The number of aryl methyl sites for hydroxylation is 1. The largest absolute Gasteiger partial charge is 0.314 e. The van der Waals surface area contributed by atoms with Crippen molar-refractivity contribution in [1.82, 2.24) is 4.31 Å². The van der Waals surface area contributed by atoms with E-state index < -0.39 is 21.5 Å². The number of hydrogen-bond donors (Lipinski definition) is 0. The first-order chi connectivity index (χ1) is 17.8. The van der Waals surface area contributed by atoms with Gasteiger partial charge in [-0.05, 0) is 53.8 Å². The van der Waals surface area contributed by atoms with Crippen LogP contribution in [0.25, 0.3) is 11.1 Å². The lowest BCUT2D eigenvalue weighted by Crippen LogP contribution is -2.42. The number of rotatable bonds is 4. The molecule has 0 aliphatic carbocycles. The average molecular weight is 509 g/mol. The van der Waals surface area contributed by atoms with E-state index in [0.29, 0.717) is 6.42 Å². The second-order valence-electron chi connectivity index (χ2n) is 10.0. The molecule has 1 spiro atoms. The molecule has 6 rings (SSSR count). The third kappa shape index (κ3) is 3.71. The highest BCUT2D eigenvalue weighted by molar-refractivity contribution is 7.89. The van der Waals surface area contributed by atoms with Gasteiger partial charge in [-0.3, -0.25) is 4.79 Å². The van der Waals surface area contributed by atoms with Gasteiger partial charge in [-0.1, -0.05) is 90.5 Å². The number of benzene rings is 4. The van der Waals surface area contributed by atoms with Gasteiger partial charge in [0.2, 0.25) is 15.9 Å². The fraction of sp³-hybridized carbons (Fsp3) is 0.194. The van der Waals surface area contributed by atoms with E-state index in [-0.39, 0.29) is 17.3 Å². The first-order valence-electron chi connectivity index (χ1n) is 12.4. The molecular formula is C31H28N2O3S. The molecule has 0 radical (unpaired) electrons. The van der Waals surface area contributed by atoms with Crippen molar-refractivity contribution in [1.29, 1.82) is 0 Å². The summed E-state index contributed by atoms with van der Waals surface area (Å²) in [7, 11) is -2.08. The van der Waals surface area contributed by atoms with Crippen molar-refractivity contribution in [2.45, 2.75) is 29.7 Å². The molecule has 4 aromatic rings. The normalized spacial score (nSPS) is 21.5. The van der Waals surface area contributed by atoms with Crippen molar-refractivity contribution in [3.05, 3.63) is 120 Å². The van der Waals surface area contributed by atoms with Crippen LogP contribution in [0.2, 0.25) is 0 Å². The molecule has 0 unspecified atom stereocenters. The monoisotopic (exact) mass is 508 g/mol. The van der Waals surface area contributed by atoms with Crippen LogP contribution in [-0.4, -0.2) is 32.2 Å². The van der Waals surface area contributed by atoms with Crippen LogP contribution >= 0.6 is 0 Å². The molecule has 6 heteroatoms. The molecule has 2 aliphatic rings. The van der Waals surface area contributed by atoms with Crippen molar-refractivity contribution < 1.29 is 13.2 Å². The predicted molar refractivity (Wildman–Crippen MR) is 146 cm³/mol. The maximum atomic E-state index is 14.1. The molecule has 2 heterocycles. The van der Waals surface area contributed by atoms with E-state index in [1.54, 1.807) is 28.4 Å². The maximum absolute atomic E-state index is 14.1. The summed E-state index contributed by atoms with van der Waals surface area (Å²) in [5.41, 5.74) is 4.86. The summed E-state index contributed by atoms with van der Waals surface area (Å²) in [6, 6.07) is 32.3. The number of sulfonamides is 1. The van der Waals surface area contributed by atoms with Gasteiger partial charge in [0.1, 0.15) is 0 Å². The average Bonchev–Trinajstić information content (AvgIpc) is 3.44. The Bertz CT molecular complexity index is 1580. The fourth-order valence-electron chi connectivity index (χ4n) is 5.85. The Morgan fingerprint density at radius 2 is 1.41 bits per heavy atom. The van der Waals surface area contributed by atoms with Crippen molar-refractivity contribution in [2.24, 2.45) is 0 Å². The van der Waals surface area contributed by atoms with E-state index in [1.165, 1.54) is 0 Å². The Kier molecular flexibility index (Phi) is 5.55. The third-order valence-electron chi connectivity index (χ3n) is 7.84. The van der Waals surface area contributed by atoms with Crippen LogP contribution in [0.5, 0.6) is 0 Å². The van der Waals surface area contributed by atoms with Crippen LogP contribution in [-0.2, 0) is 20.2 Å². The Morgan fingerprint density at radius 1 is 0.784 bits per heavy atom. The highest BCUT2D eigenvalue weighted by atomic mass is 32.2. The molecule has 186 valence electrons. The van der Waals surface area contributed by atoms with Gasteiger partial charge in [0.05, 0.1) is 16.4 Å². The first-order valence-corrected chi connectivity index (χ1v) is 13.9. The van der Waals surface area contributed by atoms with Gasteiger partial charge >= 0.3 is 0 Å². The molecule has 5 nitrogen and oxygen atoms in total. The molecule has 0 aromatic heterocycles. The number of para-hydroxylation sites is 1. The van der Waals surface area contributed by atoms with Gasteiger partial charge in [-0.15, -0.1) is 0 Å². The standard InChI is InChI=1S/C31H28N2O3S/c1-22-12-18-26(19-13-22)37(35,36)33-21-31(27-10-6-7-11-28(27)32(2)30(31)34)20-29(33)25-16-14-24(15-17-25)23-8-4-3-5-9-23/h3-19,29H,20-21H2,1-2H3/t29-,31+/m1/s1. The summed E-state index contributed by atoms with van der Waals surface area (Å²) >= 11 is 0. The highest BCUT2D eigenvalue weighted by Gasteiger charge is 2.59. The van der Waals surface area contributed by atoms with E-state index in [1.807, 2.05) is 85.8 Å². The summed E-state index contributed by atoms with van der Waals surface area (Å²) in [4.78, 5) is 15.7. The number of carbonyl (C=O) groups excluding carboxylic acids is 1. The minimum atomic E-state index is -3.86. The lowest BCUT2D eigenvalue weighted by molar-refractivity contribution is -0.122. The predicted octanol–water partition coefficient (Wildman–Crippen LogP) is 5.71. The summed E-state index contributed by atoms with van der Waals surface area (Å²) < 4.78 is 29.7. The second kappa shape index (κ2) is 8.68. The van der Waals surface area contributed by atoms with Crippen molar-refractivity contribution >= 4 is 21.6 Å². The molecule has 1 fully saturated rings. The summed E-state index contributed by atoms with van der Waals surface area (Å²) in [6.45, 7) is 2.04. The number of carbonyl (C=O) groups is 1. The first kappa shape index (κ1) is 23.6. The van der Waals surface area contributed by atoms with Gasteiger partial charge in [0.25, 0.3) is 0 Å². The molecule has 0 bridgehead atoms. The third-order valence-corrected chi connectivity index (χ3v) is 9.71. The van der Waals surface area contributed by atoms with Gasteiger partial charge in [-0.25, -0.2) is 8.42 Å². The minimum Gasteiger partial charge on any atom is -0.314 e. The Morgan fingerprint density at radius 3 is 2.11 bits per heavy atom. The van der Waals surface area contributed by atoms with Gasteiger partial charge in [0, 0.05) is 19.3 Å². The van der Waals surface area contributed by atoms with Crippen molar-refractivity contribution in [3.8, 4) is 11.1 Å². The molecule has 2 atom stereocenters. The molecule has 0 N–H and O–H groups in total. The fourth-order valence-corrected chi connectivity index (χ4v) is 7.52. The number of nitrogens with zero attached hydrogens (tertiary/aromatic N) is 2. The molecule has 1 amide bonds. The van der Waals surface area contributed by atoms with Crippen LogP contribution < -0.4 is 4.90 Å². The lowest BCUT2D eigenvalue weighted by atomic mass is 9.78. The SMILES string of the molecule is Cc1ccc(S(=O)(=O)N2C[C@]3(C[C@@H]2c2ccc(-c4ccccc4)cc2)C(=O)N(C)c2ccccc23)cc1. The molecule has 37 heavy (non-hydrogen) atoms. The second-order valence-corrected chi connectivity index (χ2v) is 11.9. The molecule has 2 aliphatic heterocycles. The number of anilines is 1. The number of likely N-dealkylation sites (N-methyl/N-ethyl adjacent to an activating group) is 1. The van der Waals surface area contributed by atoms with Crippen LogP contribution in [0.3, 0.4) is 0 Å². The smallest absolute Gasteiger partial charge is 0.243 e. The van der Waals surface area contributed by atoms with E-state index >= 15 is 0 Å². The zero-order chi connectivity index (χ0) is 25.8.